The van der Waals surface area contributed by atoms with E-state index in [2.05, 4.69) is 12.2 Å². The number of hydrogen-bond donors (Lipinski definition) is 2. The fourth-order valence-corrected chi connectivity index (χ4v) is 2.49. The molecular formula is C14H26N2O3. The number of carbonyl (C=O) groups is 2. The van der Waals surface area contributed by atoms with Crippen molar-refractivity contribution in [1.29, 1.82) is 0 Å². The van der Waals surface area contributed by atoms with Gasteiger partial charge in [0.05, 0.1) is 5.92 Å². The third kappa shape index (κ3) is 4.40. The Kier molecular flexibility index (Phi) is 6.12. The number of carboxylic acids is 1. The molecule has 2 N–H and O–H groups in total. The van der Waals surface area contributed by atoms with Crippen LogP contribution >= 0.6 is 0 Å². The lowest BCUT2D eigenvalue weighted by Crippen LogP contribution is -2.50. The standard InChI is InChI=1S/C14H26N2O3/c1-4-12-8-6-5-7-9-16(12)14(19)15-11(3)10(2)13(17)18/h10-12H,4-9H2,1-3H3,(H,15,19)(H,17,18). The number of hydrogen-bond acceptors (Lipinski definition) is 2. The Morgan fingerprint density at radius 1 is 1.32 bits per heavy atom. The van der Waals surface area contributed by atoms with E-state index in [1.165, 1.54) is 12.8 Å². The van der Waals surface area contributed by atoms with Crippen LogP contribution in [0.2, 0.25) is 0 Å². The second-order valence-electron chi connectivity index (χ2n) is 5.47. The van der Waals surface area contributed by atoms with Crippen LogP contribution in [0.15, 0.2) is 0 Å². The first-order valence-electron chi connectivity index (χ1n) is 7.27. The summed E-state index contributed by atoms with van der Waals surface area (Å²) >= 11 is 0. The van der Waals surface area contributed by atoms with Gasteiger partial charge in [-0.15, -0.1) is 0 Å². The maximum Gasteiger partial charge on any atom is 0.317 e. The van der Waals surface area contributed by atoms with Crippen molar-refractivity contribution in [3.63, 3.8) is 0 Å². The molecule has 1 fully saturated rings. The summed E-state index contributed by atoms with van der Waals surface area (Å²) in [6.07, 6.45) is 5.38. The predicted molar refractivity (Wildman–Crippen MR) is 74.0 cm³/mol. The van der Waals surface area contributed by atoms with Crippen molar-refractivity contribution < 1.29 is 14.7 Å². The van der Waals surface area contributed by atoms with Gasteiger partial charge in [-0.25, -0.2) is 4.79 Å². The summed E-state index contributed by atoms with van der Waals surface area (Å²) < 4.78 is 0. The van der Waals surface area contributed by atoms with Crippen LogP contribution in [0.1, 0.15) is 52.9 Å². The maximum atomic E-state index is 12.3. The lowest BCUT2D eigenvalue weighted by Gasteiger charge is -2.31. The highest BCUT2D eigenvalue weighted by molar-refractivity contribution is 5.77. The van der Waals surface area contributed by atoms with Crippen LogP contribution in [0.25, 0.3) is 0 Å². The van der Waals surface area contributed by atoms with Crippen molar-refractivity contribution in [2.45, 2.75) is 65.0 Å². The third-order valence-corrected chi connectivity index (χ3v) is 4.10. The van der Waals surface area contributed by atoms with Crippen molar-refractivity contribution in [2.24, 2.45) is 5.92 Å². The molecule has 5 nitrogen and oxygen atoms in total. The molecular weight excluding hydrogens is 244 g/mol. The number of nitrogens with zero attached hydrogens (tertiary/aromatic N) is 1. The summed E-state index contributed by atoms with van der Waals surface area (Å²) in [6.45, 7) is 6.24. The quantitative estimate of drug-likeness (QED) is 0.824. The number of likely N-dealkylation sites (tertiary alicyclic amines) is 1. The number of carboxylic acid groups (broad SMARTS) is 1. The van der Waals surface area contributed by atoms with Gasteiger partial charge < -0.3 is 15.3 Å². The van der Waals surface area contributed by atoms with Gasteiger partial charge in [0.2, 0.25) is 0 Å². The minimum Gasteiger partial charge on any atom is -0.481 e. The molecule has 1 heterocycles. The Morgan fingerprint density at radius 2 is 2.00 bits per heavy atom. The SMILES string of the molecule is CCC1CCCCCN1C(=O)NC(C)C(C)C(=O)O. The summed E-state index contributed by atoms with van der Waals surface area (Å²) in [7, 11) is 0. The van der Waals surface area contributed by atoms with E-state index < -0.39 is 11.9 Å². The zero-order valence-corrected chi connectivity index (χ0v) is 12.2. The molecule has 0 aromatic carbocycles. The zero-order chi connectivity index (χ0) is 14.4. The van der Waals surface area contributed by atoms with Gasteiger partial charge >= 0.3 is 12.0 Å². The van der Waals surface area contributed by atoms with Crippen LogP contribution in [0, 0.1) is 5.92 Å². The van der Waals surface area contributed by atoms with E-state index in [1.54, 1.807) is 13.8 Å². The first-order chi connectivity index (χ1) is 8.97. The molecule has 5 heteroatoms. The average molecular weight is 270 g/mol. The van der Waals surface area contributed by atoms with Crippen LogP contribution < -0.4 is 5.32 Å². The summed E-state index contributed by atoms with van der Waals surface area (Å²) in [5, 5.41) is 11.8. The van der Waals surface area contributed by atoms with Gasteiger partial charge in [0.15, 0.2) is 0 Å². The normalized spacial score (nSPS) is 23.3. The second-order valence-corrected chi connectivity index (χ2v) is 5.47. The number of carbonyl (C=O) groups excluding carboxylic acids is 1. The van der Waals surface area contributed by atoms with E-state index in [1.807, 2.05) is 4.90 Å². The van der Waals surface area contributed by atoms with Gasteiger partial charge in [0.25, 0.3) is 0 Å². The smallest absolute Gasteiger partial charge is 0.317 e. The lowest BCUT2D eigenvalue weighted by atomic mass is 10.0. The first-order valence-corrected chi connectivity index (χ1v) is 7.27. The van der Waals surface area contributed by atoms with E-state index in [0.717, 1.165) is 25.8 Å². The van der Waals surface area contributed by atoms with Gasteiger partial charge in [-0.3, -0.25) is 4.79 Å². The average Bonchev–Trinajstić information content (AvgIpc) is 2.62. The van der Waals surface area contributed by atoms with E-state index in [-0.39, 0.29) is 18.1 Å². The molecule has 3 unspecified atom stereocenters. The number of aliphatic carboxylic acids is 1. The van der Waals surface area contributed by atoms with E-state index in [4.69, 9.17) is 5.11 Å². The molecule has 1 aliphatic heterocycles. The molecule has 1 aliphatic rings. The van der Waals surface area contributed by atoms with Crippen LogP contribution in [0.4, 0.5) is 4.79 Å². The fourth-order valence-electron chi connectivity index (χ4n) is 2.49. The van der Waals surface area contributed by atoms with Crippen molar-refractivity contribution in [3.05, 3.63) is 0 Å². The molecule has 0 spiro atoms. The van der Waals surface area contributed by atoms with Gasteiger partial charge in [0.1, 0.15) is 0 Å². The lowest BCUT2D eigenvalue weighted by molar-refractivity contribution is -0.141. The third-order valence-electron chi connectivity index (χ3n) is 4.10. The predicted octanol–water partition coefficient (Wildman–Crippen LogP) is 2.46. The molecule has 0 saturated carbocycles. The minimum absolute atomic E-state index is 0.116. The highest BCUT2D eigenvalue weighted by Crippen LogP contribution is 2.19. The molecule has 110 valence electrons. The molecule has 0 radical (unpaired) electrons. The molecule has 2 amide bonds. The Hall–Kier alpha value is -1.26. The number of nitrogens with one attached hydrogen (secondary N) is 1. The van der Waals surface area contributed by atoms with Crippen molar-refractivity contribution in [1.82, 2.24) is 10.2 Å². The molecule has 0 aromatic heterocycles. The highest BCUT2D eigenvalue weighted by Gasteiger charge is 2.27. The second kappa shape index (κ2) is 7.36. The molecule has 0 aliphatic carbocycles. The van der Waals surface area contributed by atoms with Gasteiger partial charge in [-0.2, -0.15) is 0 Å². The monoisotopic (exact) mass is 270 g/mol. The van der Waals surface area contributed by atoms with Crippen molar-refractivity contribution in [3.8, 4) is 0 Å². The molecule has 19 heavy (non-hydrogen) atoms. The van der Waals surface area contributed by atoms with Crippen molar-refractivity contribution in [2.75, 3.05) is 6.54 Å². The number of rotatable bonds is 4. The summed E-state index contributed by atoms with van der Waals surface area (Å²) in [5.41, 5.74) is 0. The van der Waals surface area contributed by atoms with E-state index in [0.29, 0.717) is 0 Å². The Labute approximate surface area is 115 Å². The van der Waals surface area contributed by atoms with E-state index >= 15 is 0 Å². The Balaban J connectivity index is 2.61. The fraction of sp³-hybridized carbons (Fsp3) is 0.857. The maximum absolute atomic E-state index is 12.3. The van der Waals surface area contributed by atoms with Gasteiger partial charge in [-0.05, 0) is 33.1 Å². The molecule has 1 rings (SSSR count). The molecule has 1 saturated heterocycles. The van der Waals surface area contributed by atoms with Gasteiger partial charge in [0, 0.05) is 18.6 Å². The summed E-state index contributed by atoms with van der Waals surface area (Å²) in [6, 6.07) is -0.185. The summed E-state index contributed by atoms with van der Waals surface area (Å²) in [5.74, 6) is -1.45. The van der Waals surface area contributed by atoms with Crippen LogP contribution in [-0.4, -0.2) is 40.6 Å². The molecule has 0 aromatic rings. The largest absolute Gasteiger partial charge is 0.481 e. The van der Waals surface area contributed by atoms with Crippen LogP contribution in [0.3, 0.4) is 0 Å². The topological polar surface area (TPSA) is 69.6 Å². The minimum atomic E-state index is -0.879. The molecule has 3 atom stereocenters. The van der Waals surface area contributed by atoms with Crippen molar-refractivity contribution >= 4 is 12.0 Å². The zero-order valence-electron chi connectivity index (χ0n) is 12.2. The van der Waals surface area contributed by atoms with Gasteiger partial charge in [-0.1, -0.05) is 19.8 Å². The Bertz CT molecular complexity index is 320. The summed E-state index contributed by atoms with van der Waals surface area (Å²) in [4.78, 5) is 25.1. The molecule has 0 bridgehead atoms. The Morgan fingerprint density at radius 3 is 2.58 bits per heavy atom. The first kappa shape index (κ1) is 15.8. The van der Waals surface area contributed by atoms with Crippen LogP contribution in [0.5, 0.6) is 0 Å². The number of urea groups is 1. The van der Waals surface area contributed by atoms with Crippen LogP contribution in [-0.2, 0) is 4.79 Å². The number of amides is 2. The highest BCUT2D eigenvalue weighted by atomic mass is 16.4. The van der Waals surface area contributed by atoms with E-state index in [9.17, 15) is 9.59 Å².